The number of rotatable bonds is 8. The first kappa shape index (κ1) is 28.5. The maximum Gasteiger partial charge on any atom is 0.416 e. The molecule has 7 nitrogen and oxygen atoms in total. The Morgan fingerprint density at radius 2 is 1.62 bits per heavy atom. The number of anilines is 2. The average molecular weight is 555 g/mol. The van der Waals surface area contributed by atoms with Crippen molar-refractivity contribution in [2.75, 3.05) is 37.1 Å². The van der Waals surface area contributed by atoms with Crippen molar-refractivity contribution in [3.05, 3.63) is 89.0 Å². The molecule has 0 radical (unpaired) electrons. The van der Waals surface area contributed by atoms with Gasteiger partial charge in [-0.15, -0.1) is 0 Å². The second-order valence-electron chi connectivity index (χ2n) is 9.23. The zero-order valence-electron chi connectivity index (χ0n) is 22.5. The number of aliphatic hydroxyl groups is 1. The van der Waals surface area contributed by atoms with Gasteiger partial charge in [0.15, 0.2) is 0 Å². The Balaban J connectivity index is 1.95. The molecular weight excluding hydrogens is 525 g/mol. The molecule has 1 aliphatic rings. The maximum atomic E-state index is 13.6. The summed E-state index contributed by atoms with van der Waals surface area (Å²) >= 11 is 0. The zero-order valence-corrected chi connectivity index (χ0v) is 22.5. The number of ether oxygens (including phenoxy) is 2. The minimum absolute atomic E-state index is 0.130. The second-order valence-corrected chi connectivity index (χ2v) is 9.23. The van der Waals surface area contributed by atoms with Gasteiger partial charge in [-0.05, 0) is 61.9 Å². The van der Waals surface area contributed by atoms with E-state index in [1.165, 1.54) is 18.2 Å². The average Bonchev–Trinajstić information content (AvgIpc) is 3.18. The molecule has 1 saturated heterocycles. The van der Waals surface area contributed by atoms with Crippen LogP contribution in [0.5, 0.6) is 11.5 Å². The van der Waals surface area contributed by atoms with Crippen molar-refractivity contribution in [3.63, 3.8) is 0 Å². The van der Waals surface area contributed by atoms with Gasteiger partial charge >= 0.3 is 6.18 Å². The van der Waals surface area contributed by atoms with Crippen molar-refractivity contribution in [1.29, 1.82) is 0 Å². The van der Waals surface area contributed by atoms with E-state index >= 15 is 0 Å². The van der Waals surface area contributed by atoms with Crippen LogP contribution in [0.25, 0.3) is 5.76 Å². The van der Waals surface area contributed by atoms with Crippen LogP contribution in [0.3, 0.4) is 0 Å². The fraction of sp³-hybridized carbons (Fsp3) is 0.267. The van der Waals surface area contributed by atoms with Crippen LogP contribution in [0.2, 0.25) is 0 Å². The molecule has 0 bridgehead atoms. The fourth-order valence-electron chi connectivity index (χ4n) is 4.58. The minimum Gasteiger partial charge on any atom is -0.507 e. The van der Waals surface area contributed by atoms with Crippen LogP contribution >= 0.6 is 0 Å². The molecule has 0 aromatic heterocycles. The third-order valence-corrected chi connectivity index (χ3v) is 6.44. The SMILES string of the molecule is CCOc1ccc(/C(O)=C2/C(=O)C(=O)N(c3cccc(C(F)(F)F)c3)C2c2ccc(N(C)C)cc2)c(OCC)c1. The summed E-state index contributed by atoms with van der Waals surface area (Å²) in [4.78, 5) is 29.7. The number of benzene rings is 3. The molecule has 1 heterocycles. The molecule has 1 atom stereocenters. The number of nitrogens with zero attached hydrogens (tertiary/aromatic N) is 2. The van der Waals surface area contributed by atoms with E-state index in [1.54, 1.807) is 43.3 Å². The number of hydrogen-bond acceptors (Lipinski definition) is 6. The van der Waals surface area contributed by atoms with Crippen LogP contribution in [0.1, 0.15) is 36.6 Å². The lowest BCUT2D eigenvalue weighted by atomic mass is 9.94. The number of halogens is 3. The highest BCUT2D eigenvalue weighted by molar-refractivity contribution is 6.51. The molecule has 1 N–H and O–H groups in total. The molecule has 1 aliphatic heterocycles. The first-order valence-corrected chi connectivity index (χ1v) is 12.6. The van der Waals surface area contributed by atoms with Crippen molar-refractivity contribution < 1.29 is 37.3 Å². The van der Waals surface area contributed by atoms with Crippen molar-refractivity contribution in [2.24, 2.45) is 0 Å². The lowest BCUT2D eigenvalue weighted by Gasteiger charge is -2.26. The van der Waals surface area contributed by atoms with Gasteiger partial charge in [0.25, 0.3) is 11.7 Å². The molecule has 0 saturated carbocycles. The Morgan fingerprint density at radius 1 is 0.950 bits per heavy atom. The van der Waals surface area contributed by atoms with Gasteiger partial charge in [0, 0.05) is 31.5 Å². The van der Waals surface area contributed by atoms with Gasteiger partial charge < -0.3 is 19.5 Å². The third-order valence-electron chi connectivity index (χ3n) is 6.44. The van der Waals surface area contributed by atoms with Crippen molar-refractivity contribution >= 4 is 28.8 Å². The molecule has 1 amide bonds. The highest BCUT2D eigenvalue weighted by Gasteiger charge is 2.47. The number of carbonyl (C=O) groups is 2. The number of carbonyl (C=O) groups excluding carboxylic acids is 2. The van der Waals surface area contributed by atoms with Crippen LogP contribution < -0.4 is 19.3 Å². The van der Waals surface area contributed by atoms with Crippen molar-refractivity contribution in [1.82, 2.24) is 0 Å². The summed E-state index contributed by atoms with van der Waals surface area (Å²) in [5.41, 5.74) is 0.0121. The Morgan fingerprint density at radius 3 is 2.23 bits per heavy atom. The summed E-state index contributed by atoms with van der Waals surface area (Å²) < 4.78 is 51.9. The number of amides is 1. The second kappa shape index (κ2) is 11.3. The van der Waals surface area contributed by atoms with Gasteiger partial charge in [-0.25, -0.2) is 0 Å². The highest BCUT2D eigenvalue weighted by atomic mass is 19.4. The standard InChI is InChI=1S/C30H29F3N2O5/c1-5-39-22-14-15-23(24(17-22)40-6-2)27(36)25-26(18-10-12-20(13-11-18)34(3)4)35(29(38)28(25)37)21-9-7-8-19(16-21)30(31,32)33/h7-17,26,36H,5-6H2,1-4H3/b27-25-. The number of Topliss-reactive ketones (excluding diaryl/α,β-unsaturated/α-hetero) is 1. The monoisotopic (exact) mass is 554 g/mol. The predicted octanol–water partition coefficient (Wildman–Crippen LogP) is 6.20. The minimum atomic E-state index is -4.67. The topological polar surface area (TPSA) is 79.3 Å². The lowest BCUT2D eigenvalue weighted by molar-refractivity contribution is -0.137. The van der Waals surface area contributed by atoms with E-state index in [0.29, 0.717) is 17.9 Å². The summed E-state index contributed by atoms with van der Waals surface area (Å²) in [6.07, 6.45) is -4.67. The summed E-state index contributed by atoms with van der Waals surface area (Å²) in [5, 5.41) is 11.5. The largest absolute Gasteiger partial charge is 0.507 e. The van der Waals surface area contributed by atoms with Crippen LogP contribution in [0.15, 0.2) is 72.3 Å². The Kier molecular flexibility index (Phi) is 8.08. The van der Waals surface area contributed by atoms with Crippen molar-refractivity contribution in [3.8, 4) is 11.5 Å². The van der Waals surface area contributed by atoms with E-state index < -0.39 is 35.2 Å². The van der Waals surface area contributed by atoms with E-state index in [0.717, 1.165) is 22.7 Å². The number of hydrogen-bond donors (Lipinski definition) is 1. The smallest absolute Gasteiger partial charge is 0.416 e. The Labute approximate surface area is 230 Å². The molecule has 0 spiro atoms. The molecule has 3 aromatic carbocycles. The van der Waals surface area contributed by atoms with Gasteiger partial charge in [0.2, 0.25) is 0 Å². The summed E-state index contributed by atoms with van der Waals surface area (Å²) in [6.45, 7) is 4.19. The molecule has 1 unspecified atom stereocenters. The summed E-state index contributed by atoms with van der Waals surface area (Å²) in [5.74, 6) is -1.92. The van der Waals surface area contributed by atoms with Gasteiger partial charge in [-0.3, -0.25) is 14.5 Å². The summed E-state index contributed by atoms with van der Waals surface area (Å²) in [7, 11) is 3.68. The highest BCUT2D eigenvalue weighted by Crippen LogP contribution is 2.45. The molecule has 4 rings (SSSR count). The van der Waals surface area contributed by atoms with Gasteiger partial charge in [0.1, 0.15) is 17.3 Å². The molecule has 0 aliphatic carbocycles. The fourth-order valence-corrected chi connectivity index (χ4v) is 4.58. The van der Waals surface area contributed by atoms with Gasteiger partial charge in [0.05, 0.1) is 36.0 Å². The zero-order chi connectivity index (χ0) is 29.2. The van der Waals surface area contributed by atoms with Gasteiger partial charge in [-0.1, -0.05) is 18.2 Å². The van der Waals surface area contributed by atoms with Gasteiger partial charge in [-0.2, -0.15) is 13.2 Å². The Hall–Kier alpha value is -4.47. The summed E-state index contributed by atoms with van der Waals surface area (Å²) in [6, 6.07) is 14.5. The normalized spacial score (nSPS) is 16.8. The van der Waals surface area contributed by atoms with Crippen LogP contribution in [-0.2, 0) is 15.8 Å². The maximum absolute atomic E-state index is 13.6. The molecule has 40 heavy (non-hydrogen) atoms. The van der Waals surface area contributed by atoms with Crippen LogP contribution in [0.4, 0.5) is 24.5 Å². The van der Waals surface area contributed by atoms with E-state index in [4.69, 9.17) is 9.47 Å². The molecule has 210 valence electrons. The molecule has 1 fully saturated rings. The molecule has 3 aromatic rings. The van der Waals surface area contributed by atoms with Crippen LogP contribution in [0, 0.1) is 0 Å². The van der Waals surface area contributed by atoms with Crippen molar-refractivity contribution in [2.45, 2.75) is 26.1 Å². The first-order chi connectivity index (χ1) is 19.0. The number of alkyl halides is 3. The predicted molar refractivity (Wildman–Crippen MR) is 146 cm³/mol. The quantitative estimate of drug-likeness (QED) is 0.203. The van der Waals surface area contributed by atoms with E-state index in [1.807, 2.05) is 25.9 Å². The first-order valence-electron chi connectivity index (χ1n) is 12.6. The number of ketones is 1. The van der Waals surface area contributed by atoms with E-state index in [-0.39, 0.29) is 29.2 Å². The molecule has 10 heteroatoms. The molecular formula is C30H29F3N2O5. The Bertz CT molecular complexity index is 1450. The van der Waals surface area contributed by atoms with E-state index in [9.17, 15) is 27.9 Å². The van der Waals surface area contributed by atoms with E-state index in [2.05, 4.69) is 0 Å². The lowest BCUT2D eigenvalue weighted by Crippen LogP contribution is -2.29. The van der Waals surface area contributed by atoms with Crippen LogP contribution in [-0.4, -0.2) is 44.1 Å². The number of aliphatic hydroxyl groups excluding tert-OH is 1. The third kappa shape index (κ3) is 5.47.